The Labute approximate surface area is 271 Å². The molecule has 220 valence electrons. The molecule has 10 aromatic rings. The molecule has 0 saturated heterocycles. The summed E-state index contributed by atoms with van der Waals surface area (Å²) in [5, 5.41) is 7.41. The molecule has 2 heterocycles. The molecule has 0 aliphatic rings. The van der Waals surface area contributed by atoms with E-state index in [9.17, 15) is 0 Å². The second kappa shape index (κ2) is 10.1. The van der Waals surface area contributed by atoms with Gasteiger partial charge in [0.1, 0.15) is 11.2 Å². The minimum Gasteiger partial charge on any atom is -0.456 e. The Kier molecular flexibility index (Phi) is 5.57. The van der Waals surface area contributed by atoms with E-state index in [1.54, 1.807) is 0 Å². The SMILES string of the molecule is c1ccc(N(c2ccccc2)c2ccc3oc4ccc(-c5cccc(-n6c7cccc8ccc9cccc6c9c87)c5)cc4c3c2)cc1. The Bertz CT molecular complexity index is 2630. The fraction of sp³-hybridized carbons (Fsp3) is 0. The predicted octanol–water partition coefficient (Wildman–Crippen LogP) is 12.4. The van der Waals surface area contributed by atoms with Gasteiger partial charge in [-0.1, -0.05) is 91.0 Å². The van der Waals surface area contributed by atoms with Crippen LogP contribution in [0.25, 0.3) is 71.3 Å². The Morgan fingerprint density at radius 1 is 0.404 bits per heavy atom. The van der Waals surface area contributed by atoms with Crippen LogP contribution in [0.1, 0.15) is 0 Å². The van der Waals surface area contributed by atoms with Gasteiger partial charge in [0.05, 0.1) is 11.0 Å². The fourth-order valence-corrected chi connectivity index (χ4v) is 7.41. The average Bonchev–Trinajstić information content (AvgIpc) is 3.68. The van der Waals surface area contributed by atoms with Gasteiger partial charge in [-0.25, -0.2) is 0 Å². The van der Waals surface area contributed by atoms with Crippen LogP contribution >= 0.6 is 0 Å². The van der Waals surface area contributed by atoms with Gasteiger partial charge in [-0.15, -0.1) is 0 Å². The quantitative estimate of drug-likeness (QED) is 0.183. The van der Waals surface area contributed by atoms with Crippen molar-refractivity contribution >= 4 is 71.6 Å². The first-order chi connectivity index (χ1) is 23.3. The zero-order valence-electron chi connectivity index (χ0n) is 25.5. The maximum absolute atomic E-state index is 6.37. The number of anilines is 3. The van der Waals surface area contributed by atoms with Gasteiger partial charge in [0, 0.05) is 44.3 Å². The zero-order chi connectivity index (χ0) is 30.9. The minimum absolute atomic E-state index is 0.881. The first-order valence-corrected chi connectivity index (χ1v) is 16.0. The van der Waals surface area contributed by atoms with Crippen molar-refractivity contribution in [2.45, 2.75) is 0 Å². The third-order valence-electron chi connectivity index (χ3n) is 9.50. The van der Waals surface area contributed by atoms with E-state index < -0.39 is 0 Å². The van der Waals surface area contributed by atoms with Crippen LogP contribution in [0.5, 0.6) is 0 Å². The Hall–Kier alpha value is -6.32. The molecule has 0 aliphatic heterocycles. The molecule has 8 aromatic carbocycles. The van der Waals surface area contributed by atoms with Gasteiger partial charge in [0.2, 0.25) is 0 Å². The van der Waals surface area contributed by atoms with Crippen LogP contribution in [0.15, 0.2) is 174 Å². The van der Waals surface area contributed by atoms with Gasteiger partial charge in [-0.2, -0.15) is 0 Å². The average molecular weight is 601 g/mol. The number of nitrogens with zero attached hydrogens (tertiary/aromatic N) is 2. The molecule has 0 atom stereocenters. The van der Waals surface area contributed by atoms with E-state index in [4.69, 9.17) is 4.42 Å². The highest BCUT2D eigenvalue weighted by Crippen LogP contribution is 2.41. The van der Waals surface area contributed by atoms with Crippen molar-refractivity contribution in [2.75, 3.05) is 4.90 Å². The van der Waals surface area contributed by atoms with Gasteiger partial charge in [-0.3, -0.25) is 0 Å². The van der Waals surface area contributed by atoms with Gasteiger partial charge in [0.15, 0.2) is 0 Å². The van der Waals surface area contributed by atoms with E-state index in [0.29, 0.717) is 0 Å². The summed E-state index contributed by atoms with van der Waals surface area (Å²) >= 11 is 0. The molecular formula is C44H28N2O. The molecule has 0 aliphatic carbocycles. The standard InChI is InChI=1S/C44H28N2O/c1-3-13-33(14-4-1)45(34-15-5-2-6-16-34)36-23-25-42-38(28-36)37-27-32(22-24-41(37)47-42)31-12-7-17-35(26-31)46-39-18-8-10-29-20-21-30-11-9-19-40(46)44(30)43(29)39/h1-28H. The number of rotatable bonds is 5. The normalized spacial score (nSPS) is 11.8. The minimum atomic E-state index is 0.881. The molecule has 0 amide bonds. The lowest BCUT2D eigenvalue weighted by atomic mass is 10.0. The number of para-hydroxylation sites is 2. The van der Waals surface area contributed by atoms with Gasteiger partial charge in [-0.05, 0) is 101 Å². The summed E-state index contributed by atoms with van der Waals surface area (Å²) in [7, 11) is 0. The highest BCUT2D eigenvalue weighted by molar-refractivity contribution is 6.24. The molecule has 0 spiro atoms. The fourth-order valence-electron chi connectivity index (χ4n) is 7.41. The molecule has 2 aromatic heterocycles. The zero-order valence-corrected chi connectivity index (χ0v) is 25.5. The number of furan rings is 1. The lowest BCUT2D eigenvalue weighted by molar-refractivity contribution is 0.669. The van der Waals surface area contributed by atoms with E-state index >= 15 is 0 Å². The maximum atomic E-state index is 6.37. The van der Waals surface area contributed by atoms with E-state index in [2.05, 4.69) is 179 Å². The van der Waals surface area contributed by atoms with E-state index in [1.165, 1.54) is 38.1 Å². The molecule has 0 saturated carbocycles. The molecular weight excluding hydrogens is 572 g/mol. The molecule has 0 N–H and O–H groups in total. The molecule has 3 heteroatoms. The van der Waals surface area contributed by atoms with Gasteiger partial charge < -0.3 is 13.9 Å². The Morgan fingerprint density at radius 2 is 0.979 bits per heavy atom. The Morgan fingerprint density at radius 3 is 1.64 bits per heavy atom. The van der Waals surface area contributed by atoms with Crippen LogP contribution in [-0.2, 0) is 0 Å². The molecule has 10 rings (SSSR count). The molecule has 0 fully saturated rings. The topological polar surface area (TPSA) is 21.3 Å². The van der Waals surface area contributed by atoms with Crippen molar-refractivity contribution in [1.29, 1.82) is 0 Å². The Balaban J connectivity index is 1.12. The largest absolute Gasteiger partial charge is 0.456 e. The van der Waals surface area contributed by atoms with Crippen LogP contribution in [-0.4, -0.2) is 4.57 Å². The van der Waals surface area contributed by atoms with Crippen LogP contribution in [0.3, 0.4) is 0 Å². The smallest absolute Gasteiger partial charge is 0.135 e. The maximum Gasteiger partial charge on any atom is 0.135 e. The summed E-state index contributed by atoms with van der Waals surface area (Å²) in [6, 6.07) is 60.7. The van der Waals surface area contributed by atoms with E-state index in [1.807, 2.05) is 0 Å². The van der Waals surface area contributed by atoms with Crippen molar-refractivity contribution in [3.05, 3.63) is 170 Å². The predicted molar refractivity (Wildman–Crippen MR) is 197 cm³/mol. The lowest BCUT2D eigenvalue weighted by Crippen LogP contribution is -2.09. The van der Waals surface area contributed by atoms with Crippen molar-refractivity contribution in [1.82, 2.24) is 4.57 Å². The number of aromatic nitrogens is 1. The van der Waals surface area contributed by atoms with Crippen LogP contribution < -0.4 is 4.90 Å². The lowest BCUT2D eigenvalue weighted by Gasteiger charge is -2.25. The van der Waals surface area contributed by atoms with E-state index in [0.717, 1.165) is 50.3 Å². The van der Waals surface area contributed by atoms with Crippen LogP contribution in [0.2, 0.25) is 0 Å². The third-order valence-corrected chi connectivity index (χ3v) is 9.50. The molecule has 0 unspecified atom stereocenters. The van der Waals surface area contributed by atoms with Crippen LogP contribution in [0, 0.1) is 0 Å². The summed E-state index contributed by atoms with van der Waals surface area (Å²) in [5.41, 5.74) is 11.0. The van der Waals surface area contributed by atoms with Gasteiger partial charge >= 0.3 is 0 Å². The number of hydrogen-bond acceptors (Lipinski definition) is 2. The highest BCUT2D eigenvalue weighted by Gasteiger charge is 2.18. The van der Waals surface area contributed by atoms with Crippen molar-refractivity contribution in [2.24, 2.45) is 0 Å². The molecule has 0 radical (unpaired) electrons. The van der Waals surface area contributed by atoms with Crippen molar-refractivity contribution < 1.29 is 4.42 Å². The van der Waals surface area contributed by atoms with Crippen molar-refractivity contribution in [3.63, 3.8) is 0 Å². The number of hydrogen-bond donors (Lipinski definition) is 0. The molecule has 47 heavy (non-hydrogen) atoms. The summed E-state index contributed by atoms with van der Waals surface area (Å²) in [5.74, 6) is 0. The van der Waals surface area contributed by atoms with Crippen LogP contribution in [0.4, 0.5) is 17.1 Å². The molecule has 0 bridgehead atoms. The third kappa shape index (κ3) is 4.00. The second-order valence-corrected chi connectivity index (χ2v) is 12.2. The summed E-state index contributed by atoms with van der Waals surface area (Å²) in [4.78, 5) is 2.29. The van der Waals surface area contributed by atoms with Gasteiger partial charge in [0.25, 0.3) is 0 Å². The summed E-state index contributed by atoms with van der Waals surface area (Å²) < 4.78 is 8.78. The van der Waals surface area contributed by atoms with E-state index in [-0.39, 0.29) is 0 Å². The van der Waals surface area contributed by atoms with Crippen molar-refractivity contribution in [3.8, 4) is 16.8 Å². The first kappa shape index (κ1) is 26.0. The highest BCUT2D eigenvalue weighted by atomic mass is 16.3. The summed E-state index contributed by atoms with van der Waals surface area (Å²) in [6.45, 7) is 0. The number of fused-ring (bicyclic) bond motifs is 3. The monoisotopic (exact) mass is 600 g/mol. The molecule has 3 nitrogen and oxygen atoms in total. The second-order valence-electron chi connectivity index (χ2n) is 12.2. The summed E-state index contributed by atoms with van der Waals surface area (Å²) in [6.07, 6.45) is 0. The first-order valence-electron chi connectivity index (χ1n) is 16.0. The number of benzene rings is 8.